The van der Waals surface area contributed by atoms with Crippen LogP contribution < -0.4 is 14.8 Å². The number of Topliss-reactive ketones (excluding diaryl/α,β-unsaturated/α-hetero) is 1. The van der Waals surface area contributed by atoms with E-state index in [-0.39, 0.29) is 23.5 Å². The molecule has 0 radical (unpaired) electrons. The lowest BCUT2D eigenvalue weighted by Crippen LogP contribution is -2.37. The van der Waals surface area contributed by atoms with Crippen LogP contribution in [0.5, 0.6) is 11.5 Å². The van der Waals surface area contributed by atoms with Crippen molar-refractivity contribution in [1.82, 2.24) is 5.32 Å². The molecule has 1 amide bonds. The monoisotopic (exact) mass is 383 g/mol. The largest absolute Gasteiger partial charge is 0.493 e. The predicted octanol–water partition coefficient (Wildman–Crippen LogP) is 3.77. The van der Waals surface area contributed by atoms with Crippen LogP contribution in [0.2, 0.25) is 0 Å². The molecule has 1 aliphatic carbocycles. The van der Waals surface area contributed by atoms with Gasteiger partial charge in [0.05, 0.1) is 14.2 Å². The van der Waals surface area contributed by atoms with Crippen molar-refractivity contribution in [2.75, 3.05) is 14.2 Å². The Balaban J connectivity index is 1.68. The highest BCUT2D eigenvalue weighted by molar-refractivity contribution is 7.10. The summed E-state index contributed by atoms with van der Waals surface area (Å²) in [5, 5.41) is 4.95. The molecule has 2 aliphatic rings. The zero-order valence-electron chi connectivity index (χ0n) is 15.3. The second-order valence-corrected chi connectivity index (χ2v) is 7.83. The van der Waals surface area contributed by atoms with Gasteiger partial charge in [-0.05, 0) is 41.5 Å². The number of hydrogen-bond acceptors (Lipinski definition) is 5. The first-order valence-corrected chi connectivity index (χ1v) is 9.80. The van der Waals surface area contributed by atoms with Crippen molar-refractivity contribution in [2.24, 2.45) is 0 Å². The Morgan fingerprint density at radius 1 is 1.04 bits per heavy atom. The number of allylic oxidation sites excluding steroid dienone is 2. The van der Waals surface area contributed by atoms with Crippen LogP contribution in [-0.4, -0.2) is 25.9 Å². The summed E-state index contributed by atoms with van der Waals surface area (Å²) in [5.74, 6) is 1.30. The standard InChI is InChI=1S/C21H21NO4S/c1-25-17-6-5-12(10-18(17)26-2)13-8-15-21(16(23)9-13)14(11-20(24)22-15)19-4-3-7-27-19/h3-7,10,13-14H,8-9,11H2,1-2H3,(H,22,24)/t13-,14+/m0/s1. The quantitative estimate of drug-likeness (QED) is 0.873. The molecule has 1 N–H and O–H groups in total. The molecule has 0 saturated heterocycles. The number of carbonyl (C=O) groups excluding carboxylic acids is 2. The predicted molar refractivity (Wildman–Crippen MR) is 103 cm³/mol. The number of ketones is 1. The number of rotatable bonds is 4. The summed E-state index contributed by atoms with van der Waals surface area (Å²) in [6, 6.07) is 9.71. The number of methoxy groups -OCH3 is 2. The number of hydrogen-bond donors (Lipinski definition) is 1. The minimum atomic E-state index is -0.118. The third kappa shape index (κ3) is 3.25. The van der Waals surface area contributed by atoms with Gasteiger partial charge in [0, 0.05) is 34.9 Å². The highest BCUT2D eigenvalue weighted by Crippen LogP contribution is 2.44. The van der Waals surface area contributed by atoms with E-state index < -0.39 is 0 Å². The topological polar surface area (TPSA) is 64.6 Å². The third-order valence-corrected chi connectivity index (χ3v) is 6.29. The maximum Gasteiger partial charge on any atom is 0.225 e. The highest BCUT2D eigenvalue weighted by atomic mass is 32.1. The van der Waals surface area contributed by atoms with Gasteiger partial charge in [-0.1, -0.05) is 12.1 Å². The van der Waals surface area contributed by atoms with Crippen LogP contribution in [0.15, 0.2) is 47.0 Å². The summed E-state index contributed by atoms with van der Waals surface area (Å²) in [6.07, 6.45) is 1.42. The van der Waals surface area contributed by atoms with E-state index in [0.717, 1.165) is 21.7 Å². The zero-order chi connectivity index (χ0) is 19.0. The van der Waals surface area contributed by atoms with Gasteiger partial charge in [-0.25, -0.2) is 0 Å². The molecule has 1 aromatic heterocycles. The molecule has 0 unspecified atom stereocenters. The van der Waals surface area contributed by atoms with Crippen LogP contribution in [-0.2, 0) is 9.59 Å². The number of benzene rings is 1. The van der Waals surface area contributed by atoms with Gasteiger partial charge < -0.3 is 14.8 Å². The SMILES string of the molecule is COc1ccc([C@@H]2CC(=O)C3=C(C2)NC(=O)C[C@@H]3c2cccs2)cc1OC. The van der Waals surface area contributed by atoms with Gasteiger partial charge in [0.15, 0.2) is 17.3 Å². The molecular formula is C21H21NO4S. The molecular weight excluding hydrogens is 362 g/mol. The van der Waals surface area contributed by atoms with Gasteiger partial charge in [0.1, 0.15) is 0 Å². The van der Waals surface area contributed by atoms with Gasteiger partial charge in [-0.2, -0.15) is 0 Å². The van der Waals surface area contributed by atoms with E-state index in [1.807, 2.05) is 35.7 Å². The van der Waals surface area contributed by atoms with Crippen LogP contribution in [0.1, 0.15) is 41.5 Å². The summed E-state index contributed by atoms with van der Waals surface area (Å²) in [4.78, 5) is 26.4. The van der Waals surface area contributed by atoms with Crippen molar-refractivity contribution in [3.05, 3.63) is 57.4 Å². The van der Waals surface area contributed by atoms with Gasteiger partial charge in [0.2, 0.25) is 5.91 Å². The smallest absolute Gasteiger partial charge is 0.225 e. The van der Waals surface area contributed by atoms with Crippen molar-refractivity contribution in [2.45, 2.75) is 31.1 Å². The van der Waals surface area contributed by atoms with Gasteiger partial charge in [0.25, 0.3) is 0 Å². The van der Waals surface area contributed by atoms with Crippen molar-refractivity contribution < 1.29 is 19.1 Å². The Hall–Kier alpha value is -2.60. The van der Waals surface area contributed by atoms with Crippen LogP contribution in [0.3, 0.4) is 0 Å². The molecule has 0 saturated carbocycles. The zero-order valence-corrected chi connectivity index (χ0v) is 16.1. The second kappa shape index (κ2) is 7.19. The molecule has 140 valence electrons. The fourth-order valence-corrected chi connectivity index (χ4v) is 4.87. The normalized spacial score (nSPS) is 22.3. The van der Waals surface area contributed by atoms with Gasteiger partial charge >= 0.3 is 0 Å². The maximum atomic E-state index is 13.0. The summed E-state index contributed by atoms with van der Waals surface area (Å²) in [5.41, 5.74) is 2.58. The first-order valence-electron chi connectivity index (χ1n) is 8.92. The van der Waals surface area contributed by atoms with E-state index in [4.69, 9.17) is 9.47 Å². The van der Waals surface area contributed by atoms with E-state index in [1.54, 1.807) is 25.6 Å². The number of carbonyl (C=O) groups is 2. The van der Waals surface area contributed by atoms with Crippen LogP contribution in [0.25, 0.3) is 0 Å². The Labute approximate surface area is 162 Å². The number of thiophene rings is 1. The molecule has 27 heavy (non-hydrogen) atoms. The molecule has 2 heterocycles. The fraction of sp³-hybridized carbons (Fsp3) is 0.333. The molecule has 6 heteroatoms. The Kier molecular flexibility index (Phi) is 4.74. The van der Waals surface area contributed by atoms with Gasteiger partial charge in [-0.15, -0.1) is 11.3 Å². The molecule has 1 aliphatic heterocycles. The lowest BCUT2D eigenvalue weighted by Gasteiger charge is -2.34. The molecule has 2 atom stereocenters. The van der Waals surface area contributed by atoms with Crippen LogP contribution >= 0.6 is 11.3 Å². The highest BCUT2D eigenvalue weighted by Gasteiger charge is 2.38. The minimum absolute atomic E-state index is 0.0124. The minimum Gasteiger partial charge on any atom is -0.493 e. The Bertz CT molecular complexity index is 916. The Morgan fingerprint density at radius 3 is 2.56 bits per heavy atom. The molecule has 0 spiro atoms. The summed E-state index contributed by atoms with van der Waals surface area (Å²) >= 11 is 1.60. The average molecular weight is 383 g/mol. The van der Waals surface area contributed by atoms with E-state index in [2.05, 4.69) is 5.32 Å². The van der Waals surface area contributed by atoms with E-state index in [9.17, 15) is 9.59 Å². The van der Waals surface area contributed by atoms with E-state index in [0.29, 0.717) is 30.8 Å². The molecule has 1 aromatic carbocycles. The van der Waals surface area contributed by atoms with Gasteiger partial charge in [-0.3, -0.25) is 9.59 Å². The van der Waals surface area contributed by atoms with E-state index >= 15 is 0 Å². The van der Waals surface area contributed by atoms with Crippen molar-refractivity contribution in [1.29, 1.82) is 0 Å². The van der Waals surface area contributed by atoms with Crippen molar-refractivity contribution >= 4 is 23.0 Å². The third-order valence-electron chi connectivity index (χ3n) is 5.30. The lowest BCUT2D eigenvalue weighted by atomic mass is 9.75. The lowest BCUT2D eigenvalue weighted by molar-refractivity contribution is -0.122. The number of ether oxygens (including phenoxy) is 2. The summed E-state index contributed by atoms with van der Waals surface area (Å²) < 4.78 is 10.7. The second-order valence-electron chi connectivity index (χ2n) is 6.86. The first kappa shape index (κ1) is 17.8. The number of nitrogens with one attached hydrogen (secondary N) is 1. The summed E-state index contributed by atoms with van der Waals surface area (Å²) in [7, 11) is 3.20. The number of amides is 1. The fourth-order valence-electron chi connectivity index (χ4n) is 4.04. The molecule has 0 bridgehead atoms. The maximum absolute atomic E-state index is 13.0. The molecule has 4 rings (SSSR count). The summed E-state index contributed by atoms with van der Waals surface area (Å²) in [6.45, 7) is 0. The Morgan fingerprint density at radius 2 is 1.85 bits per heavy atom. The van der Waals surface area contributed by atoms with Crippen LogP contribution in [0, 0.1) is 0 Å². The van der Waals surface area contributed by atoms with Crippen molar-refractivity contribution in [3.63, 3.8) is 0 Å². The first-order chi connectivity index (χ1) is 13.1. The van der Waals surface area contributed by atoms with E-state index in [1.165, 1.54) is 0 Å². The van der Waals surface area contributed by atoms with Crippen LogP contribution in [0.4, 0.5) is 0 Å². The average Bonchev–Trinajstić information content (AvgIpc) is 3.21. The molecule has 5 nitrogen and oxygen atoms in total. The van der Waals surface area contributed by atoms with Crippen molar-refractivity contribution in [3.8, 4) is 11.5 Å². The molecule has 2 aromatic rings. The molecule has 0 fully saturated rings.